The van der Waals surface area contributed by atoms with Gasteiger partial charge in [-0.1, -0.05) is 29.8 Å². The summed E-state index contributed by atoms with van der Waals surface area (Å²) in [6.07, 6.45) is 3.50. The molecule has 1 aliphatic rings. The molecule has 1 amide bonds. The van der Waals surface area contributed by atoms with Gasteiger partial charge in [-0.05, 0) is 73.5 Å². The van der Waals surface area contributed by atoms with E-state index >= 15 is 0 Å². The zero-order chi connectivity index (χ0) is 24.2. The molecule has 7 nitrogen and oxygen atoms in total. The number of nitro groups is 1. The van der Waals surface area contributed by atoms with Gasteiger partial charge in [-0.25, -0.2) is 4.79 Å². The van der Waals surface area contributed by atoms with Crippen molar-refractivity contribution < 1.29 is 19.2 Å². The number of aryl methyl sites for hydroxylation is 1. The molecule has 34 heavy (non-hydrogen) atoms. The second-order valence-electron chi connectivity index (χ2n) is 7.75. The lowest BCUT2D eigenvalue weighted by Gasteiger charge is -2.21. The van der Waals surface area contributed by atoms with Gasteiger partial charge in [-0.3, -0.25) is 19.8 Å². The molecule has 7 heteroatoms. The van der Waals surface area contributed by atoms with Crippen LogP contribution >= 0.6 is 0 Å². The lowest BCUT2D eigenvalue weighted by atomic mass is 10.1. The van der Waals surface area contributed by atoms with Crippen molar-refractivity contribution in [3.63, 3.8) is 0 Å². The number of carbonyl (C=O) groups is 2. The lowest BCUT2D eigenvalue weighted by molar-refractivity contribution is -0.384. The van der Waals surface area contributed by atoms with Gasteiger partial charge < -0.3 is 4.74 Å². The zero-order valence-electron chi connectivity index (χ0n) is 18.7. The van der Waals surface area contributed by atoms with E-state index in [0.29, 0.717) is 28.1 Å². The number of carbonyl (C=O) groups excluding carboxylic acids is 2. The molecule has 4 rings (SSSR count). The van der Waals surface area contributed by atoms with Crippen molar-refractivity contribution in [3.8, 4) is 0 Å². The number of hydrogen-bond acceptors (Lipinski definition) is 5. The third-order valence-electron chi connectivity index (χ3n) is 5.39. The van der Waals surface area contributed by atoms with E-state index in [-0.39, 0.29) is 18.2 Å². The minimum absolute atomic E-state index is 0.0147. The molecule has 0 aromatic heterocycles. The van der Waals surface area contributed by atoms with Gasteiger partial charge in [0, 0.05) is 23.4 Å². The minimum Gasteiger partial charge on any atom is -0.462 e. The van der Waals surface area contributed by atoms with Gasteiger partial charge in [0.05, 0.1) is 22.8 Å². The van der Waals surface area contributed by atoms with Crippen LogP contribution < -0.4 is 4.90 Å². The molecule has 0 N–H and O–H groups in total. The summed E-state index contributed by atoms with van der Waals surface area (Å²) < 4.78 is 5.04. The van der Waals surface area contributed by atoms with Crippen molar-refractivity contribution in [2.45, 2.75) is 13.8 Å². The number of nitrogens with zero attached hydrogens (tertiary/aromatic N) is 2. The highest BCUT2D eigenvalue weighted by Gasteiger charge is 2.30. The summed E-state index contributed by atoms with van der Waals surface area (Å²) >= 11 is 0. The molecule has 0 atom stereocenters. The normalized spacial score (nSPS) is 14.3. The van der Waals surface area contributed by atoms with Gasteiger partial charge in [0.25, 0.3) is 11.6 Å². The summed E-state index contributed by atoms with van der Waals surface area (Å²) in [5.74, 6) is -0.660. The first-order chi connectivity index (χ1) is 16.4. The number of benzene rings is 3. The molecule has 3 aromatic rings. The van der Waals surface area contributed by atoms with E-state index in [1.165, 1.54) is 12.1 Å². The standard InChI is InChI=1S/C27H22N2O5/c1-3-34-27(31)21-10-14-23(15-11-21)28-25(20-8-4-18(2)5-9-20)17-22(26(28)30)16-19-6-12-24(13-7-19)29(32)33/h4-17H,3H2,1-2H3/b22-16+. The summed E-state index contributed by atoms with van der Waals surface area (Å²) in [7, 11) is 0. The molecule has 0 spiro atoms. The Bertz CT molecular complexity index is 1300. The molecule has 1 aliphatic heterocycles. The van der Waals surface area contributed by atoms with Gasteiger partial charge in [-0.15, -0.1) is 0 Å². The van der Waals surface area contributed by atoms with Gasteiger partial charge >= 0.3 is 5.97 Å². The van der Waals surface area contributed by atoms with Crippen molar-refractivity contribution in [1.29, 1.82) is 0 Å². The molecule has 0 aliphatic carbocycles. The number of ether oxygens (including phenoxy) is 1. The zero-order valence-corrected chi connectivity index (χ0v) is 18.7. The van der Waals surface area contributed by atoms with Crippen molar-refractivity contribution in [2.75, 3.05) is 11.5 Å². The van der Waals surface area contributed by atoms with Crippen molar-refractivity contribution in [1.82, 2.24) is 0 Å². The fraction of sp³-hybridized carbons (Fsp3) is 0.111. The summed E-state index contributed by atoms with van der Waals surface area (Å²) in [5, 5.41) is 10.9. The predicted octanol–water partition coefficient (Wildman–Crippen LogP) is 5.55. The Balaban J connectivity index is 1.73. The van der Waals surface area contributed by atoms with Crippen molar-refractivity contribution in [3.05, 3.63) is 117 Å². The smallest absolute Gasteiger partial charge is 0.338 e. The number of hydrogen-bond donors (Lipinski definition) is 0. The fourth-order valence-corrected chi connectivity index (χ4v) is 3.64. The maximum absolute atomic E-state index is 13.5. The Kier molecular flexibility index (Phi) is 6.36. The first kappa shape index (κ1) is 22.7. The average Bonchev–Trinajstić information content (AvgIpc) is 3.16. The van der Waals surface area contributed by atoms with E-state index in [4.69, 9.17) is 4.74 Å². The van der Waals surface area contributed by atoms with Crippen LogP contribution in [0.2, 0.25) is 0 Å². The number of nitro benzene ring substituents is 1. The molecular weight excluding hydrogens is 432 g/mol. The van der Waals surface area contributed by atoms with Crippen LogP contribution in [0.1, 0.15) is 34.0 Å². The Morgan fingerprint density at radius 1 is 1.00 bits per heavy atom. The molecular formula is C27H22N2O5. The molecule has 3 aromatic carbocycles. The number of amides is 1. The van der Waals surface area contributed by atoms with Crippen LogP contribution in [-0.2, 0) is 9.53 Å². The Morgan fingerprint density at radius 2 is 1.65 bits per heavy atom. The minimum atomic E-state index is -0.464. The maximum Gasteiger partial charge on any atom is 0.338 e. The van der Waals surface area contributed by atoms with E-state index < -0.39 is 10.9 Å². The topological polar surface area (TPSA) is 89.8 Å². The molecule has 0 fully saturated rings. The van der Waals surface area contributed by atoms with Crippen LogP contribution in [-0.4, -0.2) is 23.4 Å². The lowest BCUT2D eigenvalue weighted by Crippen LogP contribution is -2.25. The van der Waals surface area contributed by atoms with Crippen LogP contribution in [0.5, 0.6) is 0 Å². The summed E-state index contributed by atoms with van der Waals surface area (Å²) in [5.41, 5.74) is 4.77. The van der Waals surface area contributed by atoms with E-state index in [0.717, 1.165) is 11.1 Å². The third kappa shape index (κ3) is 4.63. The summed E-state index contributed by atoms with van der Waals surface area (Å²) in [6.45, 7) is 4.01. The van der Waals surface area contributed by atoms with E-state index in [2.05, 4.69) is 0 Å². The van der Waals surface area contributed by atoms with Crippen LogP contribution in [0, 0.1) is 17.0 Å². The second kappa shape index (κ2) is 9.54. The molecule has 0 radical (unpaired) electrons. The highest BCUT2D eigenvalue weighted by Crippen LogP contribution is 2.35. The van der Waals surface area contributed by atoms with Gasteiger partial charge in [0.15, 0.2) is 0 Å². The van der Waals surface area contributed by atoms with Crippen LogP contribution in [0.25, 0.3) is 11.8 Å². The predicted molar refractivity (Wildman–Crippen MR) is 130 cm³/mol. The Labute approximate surface area is 196 Å². The van der Waals surface area contributed by atoms with E-state index in [9.17, 15) is 19.7 Å². The third-order valence-corrected chi connectivity index (χ3v) is 5.39. The van der Waals surface area contributed by atoms with E-state index in [1.807, 2.05) is 31.2 Å². The van der Waals surface area contributed by atoms with Crippen LogP contribution in [0.4, 0.5) is 11.4 Å². The van der Waals surface area contributed by atoms with Crippen molar-refractivity contribution in [2.24, 2.45) is 0 Å². The van der Waals surface area contributed by atoms with E-state index in [1.54, 1.807) is 60.4 Å². The van der Waals surface area contributed by atoms with Crippen molar-refractivity contribution >= 4 is 35.0 Å². The second-order valence-corrected chi connectivity index (χ2v) is 7.75. The van der Waals surface area contributed by atoms with Crippen LogP contribution in [0.15, 0.2) is 84.4 Å². The van der Waals surface area contributed by atoms with Gasteiger partial charge in [0.1, 0.15) is 0 Å². The van der Waals surface area contributed by atoms with Gasteiger partial charge in [-0.2, -0.15) is 0 Å². The molecule has 0 saturated carbocycles. The molecule has 170 valence electrons. The summed E-state index contributed by atoms with van der Waals surface area (Å²) in [6, 6.07) is 20.5. The first-order valence-electron chi connectivity index (χ1n) is 10.7. The highest BCUT2D eigenvalue weighted by atomic mass is 16.6. The number of anilines is 1. The highest BCUT2D eigenvalue weighted by molar-refractivity contribution is 6.23. The number of rotatable bonds is 6. The monoisotopic (exact) mass is 454 g/mol. The number of non-ortho nitro benzene ring substituents is 1. The number of esters is 1. The average molecular weight is 454 g/mol. The largest absolute Gasteiger partial charge is 0.462 e. The maximum atomic E-state index is 13.5. The molecule has 0 bridgehead atoms. The molecule has 1 heterocycles. The Morgan fingerprint density at radius 3 is 2.24 bits per heavy atom. The molecule has 0 unspecified atom stereocenters. The fourth-order valence-electron chi connectivity index (χ4n) is 3.64. The molecule has 0 saturated heterocycles. The van der Waals surface area contributed by atoms with Gasteiger partial charge in [0.2, 0.25) is 0 Å². The first-order valence-corrected chi connectivity index (χ1v) is 10.7. The SMILES string of the molecule is CCOC(=O)c1ccc(N2C(=O)/C(=C/c3ccc([N+](=O)[O-])cc3)C=C2c2ccc(C)cc2)cc1. The van der Waals surface area contributed by atoms with Crippen LogP contribution in [0.3, 0.4) is 0 Å². The Hall–Kier alpha value is -4.52. The summed E-state index contributed by atoms with van der Waals surface area (Å²) in [4.78, 5) is 37.5. The quantitative estimate of drug-likeness (QED) is 0.211.